The first-order valence-corrected chi connectivity index (χ1v) is 7.79. The van der Waals surface area contributed by atoms with Gasteiger partial charge in [0.2, 0.25) is 0 Å². The molecule has 2 aromatic rings. The van der Waals surface area contributed by atoms with E-state index in [1.807, 2.05) is 30.3 Å². The lowest BCUT2D eigenvalue weighted by atomic mass is 9.94. The van der Waals surface area contributed by atoms with Gasteiger partial charge in [-0.1, -0.05) is 17.3 Å². The van der Waals surface area contributed by atoms with E-state index in [9.17, 15) is 4.79 Å². The monoisotopic (exact) mass is 341 g/mol. The molecule has 6 heteroatoms. The minimum atomic E-state index is -0.381. The number of carbonyl (C=O) groups excluding carboxylic acids is 1. The molecule has 0 spiro atoms. The van der Waals surface area contributed by atoms with Crippen molar-refractivity contribution in [3.8, 4) is 11.5 Å². The molecule has 130 valence electrons. The predicted molar refractivity (Wildman–Crippen MR) is 92.3 cm³/mol. The zero-order chi connectivity index (χ0) is 17.8. The number of hydrogen-bond donors (Lipinski definition) is 0. The number of carbonyl (C=O) groups is 1. The van der Waals surface area contributed by atoms with Crippen molar-refractivity contribution in [2.75, 3.05) is 21.3 Å². The quantitative estimate of drug-likeness (QED) is 0.630. The summed E-state index contributed by atoms with van der Waals surface area (Å²) in [6, 6.07) is 12.7. The summed E-state index contributed by atoms with van der Waals surface area (Å²) in [5.41, 5.74) is 2.94. The maximum absolute atomic E-state index is 11.8. The van der Waals surface area contributed by atoms with Gasteiger partial charge in [-0.05, 0) is 35.9 Å². The van der Waals surface area contributed by atoms with Crippen LogP contribution >= 0.6 is 0 Å². The molecule has 0 unspecified atom stereocenters. The van der Waals surface area contributed by atoms with Gasteiger partial charge in [-0.25, -0.2) is 4.79 Å². The largest absolute Gasteiger partial charge is 0.497 e. The highest BCUT2D eigenvalue weighted by Gasteiger charge is 2.28. The van der Waals surface area contributed by atoms with E-state index >= 15 is 0 Å². The van der Waals surface area contributed by atoms with Crippen molar-refractivity contribution in [2.45, 2.75) is 12.5 Å². The number of methoxy groups -OCH3 is 2. The van der Waals surface area contributed by atoms with Gasteiger partial charge in [0.1, 0.15) is 24.7 Å². The van der Waals surface area contributed by atoms with Crippen molar-refractivity contribution in [3.63, 3.8) is 0 Å². The Morgan fingerprint density at radius 3 is 2.72 bits per heavy atom. The fourth-order valence-electron chi connectivity index (χ4n) is 2.81. The third-order valence-electron chi connectivity index (χ3n) is 4.03. The molecule has 0 saturated carbocycles. The lowest BCUT2D eigenvalue weighted by Gasteiger charge is -2.27. The van der Waals surface area contributed by atoms with Crippen LogP contribution in [-0.4, -0.2) is 33.0 Å². The van der Waals surface area contributed by atoms with Crippen molar-refractivity contribution in [3.05, 3.63) is 59.2 Å². The van der Waals surface area contributed by atoms with Crippen LogP contribution in [0.1, 0.15) is 34.0 Å². The molecule has 2 aromatic carbocycles. The summed E-state index contributed by atoms with van der Waals surface area (Å²) in [6.07, 6.45) is 0.234. The second-order valence-corrected chi connectivity index (χ2v) is 5.51. The first-order chi connectivity index (χ1) is 12.2. The lowest BCUT2D eigenvalue weighted by molar-refractivity contribution is 0.0600. The topological polar surface area (TPSA) is 66.4 Å². The molecule has 0 N–H and O–H groups in total. The van der Waals surface area contributed by atoms with Crippen molar-refractivity contribution >= 4 is 11.7 Å². The summed E-state index contributed by atoms with van der Waals surface area (Å²) in [4.78, 5) is 16.8. The van der Waals surface area contributed by atoms with Crippen LogP contribution in [0.15, 0.2) is 47.6 Å². The Morgan fingerprint density at radius 2 is 2.00 bits per heavy atom. The van der Waals surface area contributed by atoms with Gasteiger partial charge >= 0.3 is 5.97 Å². The number of rotatable bonds is 4. The first-order valence-electron chi connectivity index (χ1n) is 7.79. The number of esters is 1. The molecule has 6 nitrogen and oxygen atoms in total. The molecule has 1 aliphatic rings. The Balaban J connectivity index is 1.97. The SMILES string of the molecule is CON=C1C[C@H](c2cccc(C(=O)OC)c2)Oc2ccc(OC)cc21. The van der Waals surface area contributed by atoms with Gasteiger partial charge in [0.25, 0.3) is 0 Å². The fraction of sp³-hybridized carbons (Fsp3) is 0.263. The van der Waals surface area contributed by atoms with Gasteiger partial charge in [-0.3, -0.25) is 0 Å². The Labute approximate surface area is 146 Å². The molecule has 0 bridgehead atoms. The molecule has 0 aliphatic carbocycles. The van der Waals surface area contributed by atoms with Gasteiger partial charge in [0, 0.05) is 12.0 Å². The van der Waals surface area contributed by atoms with Gasteiger partial charge < -0.3 is 19.0 Å². The number of fused-ring (bicyclic) bond motifs is 1. The molecule has 25 heavy (non-hydrogen) atoms. The summed E-state index contributed by atoms with van der Waals surface area (Å²) < 4.78 is 16.2. The van der Waals surface area contributed by atoms with E-state index in [0.29, 0.717) is 17.7 Å². The highest BCUT2D eigenvalue weighted by atomic mass is 16.6. The third kappa shape index (κ3) is 3.42. The molecule has 1 heterocycles. The highest BCUT2D eigenvalue weighted by Crippen LogP contribution is 2.37. The first kappa shape index (κ1) is 16.8. The Hall–Kier alpha value is -3.02. The van der Waals surface area contributed by atoms with Gasteiger partial charge in [0.15, 0.2) is 0 Å². The normalized spacial score (nSPS) is 17.4. The second kappa shape index (κ2) is 7.25. The Morgan fingerprint density at radius 1 is 1.16 bits per heavy atom. The number of hydrogen-bond acceptors (Lipinski definition) is 6. The van der Waals surface area contributed by atoms with E-state index in [1.165, 1.54) is 14.2 Å². The number of benzene rings is 2. The summed E-state index contributed by atoms with van der Waals surface area (Å²) >= 11 is 0. The average Bonchev–Trinajstić information content (AvgIpc) is 2.67. The summed E-state index contributed by atoms with van der Waals surface area (Å²) in [6.45, 7) is 0. The maximum Gasteiger partial charge on any atom is 0.337 e. The van der Waals surface area contributed by atoms with Crippen LogP contribution in [0.25, 0.3) is 0 Å². The molecule has 0 aromatic heterocycles. The van der Waals surface area contributed by atoms with Gasteiger partial charge in [-0.15, -0.1) is 0 Å². The van der Waals surface area contributed by atoms with E-state index in [4.69, 9.17) is 19.0 Å². The van der Waals surface area contributed by atoms with Gasteiger partial charge in [0.05, 0.1) is 25.5 Å². The maximum atomic E-state index is 11.8. The molecule has 0 radical (unpaired) electrons. The van der Waals surface area contributed by atoms with E-state index in [2.05, 4.69) is 5.16 Å². The van der Waals surface area contributed by atoms with Crippen LogP contribution in [-0.2, 0) is 9.57 Å². The summed E-state index contributed by atoms with van der Waals surface area (Å²) in [5, 5.41) is 4.14. The molecular weight excluding hydrogens is 322 g/mol. The number of ether oxygens (including phenoxy) is 3. The van der Waals surface area contributed by atoms with Crippen LogP contribution in [0.4, 0.5) is 0 Å². The Kier molecular flexibility index (Phi) is 4.88. The van der Waals surface area contributed by atoms with E-state index in [-0.39, 0.29) is 12.1 Å². The van der Waals surface area contributed by atoms with Crippen molar-refractivity contribution < 1.29 is 23.8 Å². The molecule has 0 saturated heterocycles. The average molecular weight is 341 g/mol. The number of nitrogens with zero attached hydrogens (tertiary/aromatic N) is 1. The van der Waals surface area contributed by atoms with Crippen molar-refractivity contribution in [1.82, 2.24) is 0 Å². The summed E-state index contributed by atoms with van der Waals surface area (Å²) in [7, 11) is 4.48. The number of oxime groups is 1. The van der Waals surface area contributed by atoms with Crippen LogP contribution in [0.5, 0.6) is 11.5 Å². The fourth-order valence-corrected chi connectivity index (χ4v) is 2.81. The van der Waals surface area contributed by atoms with E-state index in [0.717, 1.165) is 22.6 Å². The van der Waals surface area contributed by atoms with E-state index < -0.39 is 0 Å². The van der Waals surface area contributed by atoms with Crippen LogP contribution in [0, 0.1) is 0 Å². The zero-order valence-corrected chi connectivity index (χ0v) is 14.3. The lowest BCUT2D eigenvalue weighted by Crippen LogP contribution is -2.21. The molecule has 3 rings (SSSR count). The Bertz CT molecular complexity index is 815. The van der Waals surface area contributed by atoms with Crippen LogP contribution in [0.3, 0.4) is 0 Å². The van der Waals surface area contributed by atoms with Crippen LogP contribution in [0.2, 0.25) is 0 Å². The summed E-state index contributed by atoms with van der Waals surface area (Å²) in [5.74, 6) is 1.03. The van der Waals surface area contributed by atoms with Gasteiger partial charge in [-0.2, -0.15) is 0 Å². The van der Waals surface area contributed by atoms with E-state index in [1.54, 1.807) is 19.2 Å². The van der Waals surface area contributed by atoms with Crippen molar-refractivity contribution in [1.29, 1.82) is 0 Å². The smallest absolute Gasteiger partial charge is 0.337 e. The molecule has 1 atom stereocenters. The molecule has 0 amide bonds. The standard InChI is InChI=1S/C19H19NO5/c1-22-14-7-8-17-15(10-14)16(20-24-3)11-18(25-17)12-5-4-6-13(9-12)19(21)23-2/h4-10,18H,11H2,1-3H3/t18-/m1/s1. The molecule has 1 aliphatic heterocycles. The molecule has 0 fully saturated rings. The highest BCUT2D eigenvalue weighted by molar-refractivity contribution is 6.04. The molecular formula is C19H19NO5. The second-order valence-electron chi connectivity index (χ2n) is 5.51. The predicted octanol–water partition coefficient (Wildman–Crippen LogP) is 3.36. The minimum Gasteiger partial charge on any atom is -0.497 e. The third-order valence-corrected chi connectivity index (χ3v) is 4.03. The zero-order valence-electron chi connectivity index (χ0n) is 14.3. The minimum absolute atomic E-state index is 0.278. The van der Waals surface area contributed by atoms with Crippen LogP contribution < -0.4 is 9.47 Å². The van der Waals surface area contributed by atoms with Crippen molar-refractivity contribution in [2.24, 2.45) is 5.16 Å².